The largest absolute Gasteiger partial charge is 0.462 e. The maximum Gasteiger partial charge on any atom is 0.341 e. The highest BCUT2D eigenvalue weighted by Crippen LogP contribution is 2.26. The first-order valence-electron chi connectivity index (χ1n) is 7.80. The zero-order valence-electron chi connectivity index (χ0n) is 13.6. The fourth-order valence-corrected chi connectivity index (χ4v) is 2.89. The molecule has 0 N–H and O–H groups in total. The number of carbonyl (C=O) groups is 2. The number of ether oxygens (including phenoxy) is 1. The number of hydrogen-bond acceptors (Lipinski definition) is 4. The van der Waals surface area contributed by atoms with E-state index in [9.17, 15) is 18.4 Å². The molecule has 0 spiro atoms. The first-order valence-corrected chi connectivity index (χ1v) is 7.80. The van der Waals surface area contributed by atoms with Crippen LogP contribution in [0.5, 0.6) is 0 Å². The van der Waals surface area contributed by atoms with E-state index in [-0.39, 0.29) is 30.4 Å². The summed E-state index contributed by atoms with van der Waals surface area (Å²) in [5.41, 5.74) is 0.0636. The van der Waals surface area contributed by atoms with E-state index in [1.165, 1.54) is 7.05 Å². The first-order chi connectivity index (χ1) is 12.0. The fraction of sp³-hybridized carbons (Fsp3) is 0.353. The Kier molecular flexibility index (Phi) is 4.78. The Bertz CT molecular complexity index is 777. The van der Waals surface area contributed by atoms with Crippen molar-refractivity contribution in [3.05, 3.63) is 47.8 Å². The summed E-state index contributed by atoms with van der Waals surface area (Å²) >= 11 is 0. The van der Waals surface area contributed by atoms with Crippen molar-refractivity contribution >= 4 is 17.6 Å². The van der Waals surface area contributed by atoms with Gasteiger partial charge in [-0.3, -0.25) is 9.48 Å². The molecule has 1 amide bonds. The third-order valence-electron chi connectivity index (χ3n) is 4.13. The molecule has 8 heteroatoms. The minimum Gasteiger partial charge on any atom is -0.462 e. The van der Waals surface area contributed by atoms with Gasteiger partial charge in [-0.15, -0.1) is 0 Å². The zero-order valence-corrected chi connectivity index (χ0v) is 13.6. The number of para-hydroxylation sites is 1. The average molecular weight is 349 g/mol. The van der Waals surface area contributed by atoms with Crippen molar-refractivity contribution in [3.63, 3.8) is 0 Å². The summed E-state index contributed by atoms with van der Waals surface area (Å²) in [5.74, 6) is -1.08. The standard InChI is InChI=1S/C17H17F2N3O3/c1-21-15(16(18)19)13(8-20-21)17(24)25-10-11-7-14(23)22(9-11)12-5-3-2-4-6-12/h2-6,8,11,16H,7,9-10H2,1H3/t11-/m1/s1. The fourth-order valence-electron chi connectivity index (χ4n) is 2.89. The lowest BCUT2D eigenvalue weighted by atomic mass is 10.1. The Morgan fingerprint density at radius 2 is 2.08 bits per heavy atom. The molecule has 132 valence electrons. The number of benzene rings is 1. The number of carbonyl (C=O) groups excluding carboxylic acids is 2. The molecule has 25 heavy (non-hydrogen) atoms. The molecule has 1 aromatic carbocycles. The highest BCUT2D eigenvalue weighted by atomic mass is 19.3. The predicted octanol–water partition coefficient (Wildman–Crippen LogP) is 2.57. The number of halogens is 2. The molecule has 1 atom stereocenters. The quantitative estimate of drug-likeness (QED) is 0.779. The van der Waals surface area contributed by atoms with Gasteiger partial charge in [0.15, 0.2) is 0 Å². The smallest absolute Gasteiger partial charge is 0.341 e. The number of alkyl halides is 2. The number of anilines is 1. The van der Waals surface area contributed by atoms with Crippen molar-refractivity contribution in [2.45, 2.75) is 12.8 Å². The lowest BCUT2D eigenvalue weighted by Gasteiger charge is -2.16. The molecule has 0 saturated carbocycles. The van der Waals surface area contributed by atoms with Crippen LogP contribution in [0.2, 0.25) is 0 Å². The minimum atomic E-state index is -2.82. The topological polar surface area (TPSA) is 64.4 Å². The van der Waals surface area contributed by atoms with Crippen LogP contribution in [-0.2, 0) is 16.6 Å². The van der Waals surface area contributed by atoms with Gasteiger partial charge in [0.05, 0.1) is 12.8 Å². The molecule has 1 fully saturated rings. The number of esters is 1. The third kappa shape index (κ3) is 3.52. The Balaban J connectivity index is 1.61. The van der Waals surface area contributed by atoms with Crippen molar-refractivity contribution < 1.29 is 23.1 Å². The van der Waals surface area contributed by atoms with Gasteiger partial charge in [-0.25, -0.2) is 13.6 Å². The Hall–Kier alpha value is -2.77. The van der Waals surface area contributed by atoms with E-state index in [4.69, 9.17) is 4.74 Å². The highest BCUT2D eigenvalue weighted by molar-refractivity contribution is 5.95. The van der Waals surface area contributed by atoms with Crippen LogP contribution in [0.1, 0.15) is 28.9 Å². The van der Waals surface area contributed by atoms with E-state index in [0.29, 0.717) is 6.54 Å². The Morgan fingerprint density at radius 3 is 2.76 bits per heavy atom. The zero-order chi connectivity index (χ0) is 18.0. The van der Waals surface area contributed by atoms with Crippen LogP contribution >= 0.6 is 0 Å². The van der Waals surface area contributed by atoms with Crippen LogP contribution in [0.4, 0.5) is 14.5 Å². The van der Waals surface area contributed by atoms with Crippen LogP contribution < -0.4 is 4.90 Å². The molecule has 2 aromatic rings. The van der Waals surface area contributed by atoms with Crippen molar-refractivity contribution in [1.29, 1.82) is 0 Å². The summed E-state index contributed by atoms with van der Waals surface area (Å²) in [6.07, 6.45) is -1.51. The molecule has 0 bridgehead atoms. The molecule has 6 nitrogen and oxygen atoms in total. The molecule has 1 saturated heterocycles. The predicted molar refractivity (Wildman–Crippen MR) is 85.3 cm³/mol. The lowest BCUT2D eigenvalue weighted by Crippen LogP contribution is -2.25. The van der Waals surface area contributed by atoms with E-state index >= 15 is 0 Å². The monoisotopic (exact) mass is 349 g/mol. The molecule has 1 aromatic heterocycles. The maximum atomic E-state index is 13.0. The number of aromatic nitrogens is 2. The van der Waals surface area contributed by atoms with Gasteiger partial charge in [-0.05, 0) is 12.1 Å². The Morgan fingerprint density at radius 1 is 1.36 bits per heavy atom. The summed E-state index contributed by atoms with van der Waals surface area (Å²) < 4.78 is 32.1. The summed E-state index contributed by atoms with van der Waals surface area (Å²) in [7, 11) is 1.34. The SMILES string of the molecule is Cn1ncc(C(=O)OC[C@@H]2CC(=O)N(c3ccccc3)C2)c1C(F)F. The second kappa shape index (κ2) is 7.00. The van der Waals surface area contributed by atoms with Crippen molar-refractivity contribution in [1.82, 2.24) is 9.78 Å². The maximum absolute atomic E-state index is 13.0. The second-order valence-corrected chi connectivity index (χ2v) is 5.88. The van der Waals surface area contributed by atoms with Gasteiger partial charge in [-0.2, -0.15) is 5.10 Å². The average Bonchev–Trinajstić information content (AvgIpc) is 3.16. The molecule has 0 radical (unpaired) electrons. The second-order valence-electron chi connectivity index (χ2n) is 5.88. The Labute approximate surface area is 143 Å². The van der Waals surface area contributed by atoms with Gasteiger partial charge in [0.25, 0.3) is 6.43 Å². The normalized spacial score (nSPS) is 17.4. The summed E-state index contributed by atoms with van der Waals surface area (Å²) in [6, 6.07) is 9.19. The van der Waals surface area contributed by atoms with Crippen molar-refractivity contribution in [2.75, 3.05) is 18.1 Å². The molecular formula is C17H17F2N3O3. The van der Waals surface area contributed by atoms with Crippen LogP contribution in [0.25, 0.3) is 0 Å². The summed E-state index contributed by atoms with van der Waals surface area (Å²) in [5, 5.41) is 3.68. The molecule has 0 aliphatic carbocycles. The van der Waals surface area contributed by atoms with E-state index in [0.717, 1.165) is 16.6 Å². The van der Waals surface area contributed by atoms with Crippen LogP contribution in [0.3, 0.4) is 0 Å². The molecule has 1 aliphatic rings. The van der Waals surface area contributed by atoms with Crippen molar-refractivity contribution in [3.8, 4) is 0 Å². The number of hydrogen-bond donors (Lipinski definition) is 0. The molecule has 1 aliphatic heterocycles. The van der Waals surface area contributed by atoms with Gasteiger partial charge in [-0.1, -0.05) is 18.2 Å². The number of aryl methyl sites for hydroxylation is 1. The lowest BCUT2D eigenvalue weighted by molar-refractivity contribution is -0.117. The highest BCUT2D eigenvalue weighted by Gasteiger charge is 2.32. The van der Waals surface area contributed by atoms with Crippen LogP contribution in [-0.4, -0.2) is 34.8 Å². The minimum absolute atomic E-state index is 0.00845. The molecule has 0 unspecified atom stereocenters. The third-order valence-corrected chi connectivity index (χ3v) is 4.13. The first kappa shape index (κ1) is 17.1. The van der Waals surface area contributed by atoms with Crippen LogP contribution in [0.15, 0.2) is 36.5 Å². The molecule has 3 rings (SSSR count). The van der Waals surface area contributed by atoms with Crippen LogP contribution in [0, 0.1) is 5.92 Å². The van der Waals surface area contributed by atoms with Gasteiger partial charge in [0, 0.05) is 31.6 Å². The molecular weight excluding hydrogens is 332 g/mol. The number of rotatable bonds is 5. The summed E-state index contributed by atoms with van der Waals surface area (Å²) in [6.45, 7) is 0.413. The van der Waals surface area contributed by atoms with Gasteiger partial charge >= 0.3 is 5.97 Å². The van der Waals surface area contributed by atoms with E-state index in [1.54, 1.807) is 4.90 Å². The number of nitrogens with zero attached hydrogens (tertiary/aromatic N) is 3. The number of amides is 1. The van der Waals surface area contributed by atoms with Gasteiger partial charge in [0.1, 0.15) is 11.3 Å². The van der Waals surface area contributed by atoms with Gasteiger partial charge < -0.3 is 9.64 Å². The molecule has 2 heterocycles. The van der Waals surface area contributed by atoms with E-state index in [1.807, 2.05) is 30.3 Å². The van der Waals surface area contributed by atoms with Crippen molar-refractivity contribution in [2.24, 2.45) is 13.0 Å². The van der Waals surface area contributed by atoms with E-state index < -0.39 is 18.1 Å². The van der Waals surface area contributed by atoms with Gasteiger partial charge in [0.2, 0.25) is 5.91 Å². The van der Waals surface area contributed by atoms with E-state index in [2.05, 4.69) is 5.10 Å². The summed E-state index contributed by atoms with van der Waals surface area (Å²) in [4.78, 5) is 25.8.